The van der Waals surface area contributed by atoms with Crippen LogP contribution in [0.3, 0.4) is 0 Å². The highest BCUT2D eigenvalue weighted by Gasteiger charge is 2.27. The molecule has 1 fully saturated rings. The van der Waals surface area contributed by atoms with Crippen LogP contribution in [-0.2, 0) is 17.7 Å². The van der Waals surface area contributed by atoms with Crippen molar-refractivity contribution in [2.24, 2.45) is 11.7 Å². The topological polar surface area (TPSA) is 73.4 Å². The fourth-order valence-corrected chi connectivity index (χ4v) is 2.82. The van der Waals surface area contributed by atoms with Crippen LogP contribution in [0.5, 0.6) is 0 Å². The first-order chi connectivity index (χ1) is 9.29. The Bertz CT molecular complexity index is 465. The minimum Gasteiger partial charge on any atom is -0.378 e. The number of amides is 1. The van der Waals surface area contributed by atoms with Gasteiger partial charge in [-0.25, -0.2) is 0 Å². The Hall–Kier alpha value is -1.40. The summed E-state index contributed by atoms with van der Waals surface area (Å²) < 4.78 is 7.24. The maximum Gasteiger partial charge on any atom is 0.257 e. The number of aromatic nitrogens is 2. The van der Waals surface area contributed by atoms with Gasteiger partial charge < -0.3 is 15.4 Å². The molecule has 0 aromatic carbocycles. The molecule has 1 aromatic heterocycles. The first kappa shape index (κ1) is 12.6. The van der Waals surface area contributed by atoms with E-state index in [4.69, 9.17) is 10.5 Å². The first-order valence-electron chi connectivity index (χ1n) is 6.91. The molecule has 0 saturated carbocycles. The maximum absolute atomic E-state index is 12.5. The summed E-state index contributed by atoms with van der Waals surface area (Å²) in [6.07, 6.45) is 3.63. The molecule has 0 aliphatic carbocycles. The highest BCUT2D eigenvalue weighted by Crippen LogP contribution is 2.23. The lowest BCUT2D eigenvalue weighted by Crippen LogP contribution is -2.41. The van der Waals surface area contributed by atoms with Gasteiger partial charge in [0.25, 0.3) is 5.91 Å². The van der Waals surface area contributed by atoms with Gasteiger partial charge in [-0.2, -0.15) is 5.10 Å². The Morgan fingerprint density at radius 1 is 1.42 bits per heavy atom. The van der Waals surface area contributed by atoms with Crippen LogP contribution in [0, 0.1) is 5.92 Å². The number of nitrogens with two attached hydrogens (primary N) is 1. The fraction of sp³-hybridized carbons (Fsp3) is 0.692. The molecule has 0 unspecified atom stereocenters. The van der Waals surface area contributed by atoms with Crippen molar-refractivity contribution in [3.05, 3.63) is 17.5 Å². The van der Waals surface area contributed by atoms with Crippen molar-refractivity contribution < 1.29 is 9.53 Å². The highest BCUT2D eigenvalue weighted by molar-refractivity contribution is 5.95. The van der Waals surface area contributed by atoms with Crippen LogP contribution in [0.15, 0.2) is 6.20 Å². The molecule has 2 aliphatic rings. The smallest absolute Gasteiger partial charge is 0.257 e. The van der Waals surface area contributed by atoms with Crippen LogP contribution in [0.4, 0.5) is 0 Å². The molecule has 1 aromatic rings. The summed E-state index contributed by atoms with van der Waals surface area (Å²) >= 11 is 0. The van der Waals surface area contributed by atoms with E-state index >= 15 is 0 Å². The zero-order valence-electron chi connectivity index (χ0n) is 11.0. The number of rotatable bonds is 2. The predicted octanol–water partition coefficient (Wildman–Crippen LogP) is -0.123. The van der Waals surface area contributed by atoms with Gasteiger partial charge in [0, 0.05) is 19.6 Å². The van der Waals surface area contributed by atoms with Crippen LogP contribution in [0.1, 0.15) is 22.5 Å². The van der Waals surface area contributed by atoms with Crippen molar-refractivity contribution in [1.29, 1.82) is 0 Å². The first-order valence-corrected chi connectivity index (χ1v) is 6.91. The summed E-state index contributed by atoms with van der Waals surface area (Å²) in [6.45, 7) is 4.14. The van der Waals surface area contributed by atoms with E-state index in [1.807, 2.05) is 9.58 Å². The summed E-state index contributed by atoms with van der Waals surface area (Å²) in [7, 11) is 0. The molecule has 3 heterocycles. The largest absolute Gasteiger partial charge is 0.378 e. The second-order valence-electron chi connectivity index (χ2n) is 5.23. The van der Waals surface area contributed by atoms with Gasteiger partial charge in [0.15, 0.2) is 0 Å². The quantitative estimate of drug-likeness (QED) is 0.808. The van der Waals surface area contributed by atoms with Gasteiger partial charge in [0.2, 0.25) is 0 Å². The van der Waals surface area contributed by atoms with E-state index in [0.29, 0.717) is 38.8 Å². The second-order valence-corrected chi connectivity index (χ2v) is 5.23. The molecule has 1 saturated heterocycles. The Morgan fingerprint density at radius 3 is 2.95 bits per heavy atom. The van der Waals surface area contributed by atoms with E-state index in [2.05, 4.69) is 5.10 Å². The van der Waals surface area contributed by atoms with Crippen molar-refractivity contribution in [2.75, 3.05) is 32.8 Å². The number of carbonyl (C=O) groups is 1. The summed E-state index contributed by atoms with van der Waals surface area (Å²) in [4.78, 5) is 14.4. The average molecular weight is 264 g/mol. The molecular formula is C13H20N4O2. The number of morpholine rings is 1. The molecular weight excluding hydrogens is 244 g/mol. The van der Waals surface area contributed by atoms with Crippen LogP contribution in [0.2, 0.25) is 0 Å². The SMILES string of the molecule is NC[C@H]1CCn2ncc(C(=O)N3CCOCC3)c2C1. The number of fused-ring (bicyclic) bond motifs is 1. The van der Waals surface area contributed by atoms with Gasteiger partial charge in [0.1, 0.15) is 0 Å². The summed E-state index contributed by atoms with van der Waals surface area (Å²) in [5.41, 5.74) is 7.56. The van der Waals surface area contributed by atoms with Crippen molar-refractivity contribution in [3.63, 3.8) is 0 Å². The number of carbonyl (C=O) groups excluding carboxylic acids is 1. The Labute approximate surface area is 112 Å². The van der Waals surface area contributed by atoms with E-state index in [1.165, 1.54) is 0 Å². The average Bonchev–Trinajstić information content (AvgIpc) is 2.90. The lowest BCUT2D eigenvalue weighted by atomic mass is 9.94. The molecule has 6 nitrogen and oxygen atoms in total. The van der Waals surface area contributed by atoms with Crippen molar-refractivity contribution in [1.82, 2.24) is 14.7 Å². The number of nitrogens with zero attached hydrogens (tertiary/aromatic N) is 3. The van der Waals surface area contributed by atoms with E-state index in [9.17, 15) is 4.79 Å². The molecule has 104 valence electrons. The van der Waals surface area contributed by atoms with Gasteiger partial charge in [-0.15, -0.1) is 0 Å². The van der Waals surface area contributed by atoms with Crippen LogP contribution in [0.25, 0.3) is 0 Å². The van der Waals surface area contributed by atoms with Crippen molar-refractivity contribution in [3.8, 4) is 0 Å². The van der Waals surface area contributed by atoms with Gasteiger partial charge in [-0.05, 0) is 25.3 Å². The standard InChI is InChI=1S/C13H20N4O2/c14-8-10-1-2-17-12(7-10)11(9-15-17)13(18)16-3-5-19-6-4-16/h9-10H,1-8,14H2/t10-/m0/s1. The number of ether oxygens (including phenoxy) is 1. The zero-order valence-corrected chi connectivity index (χ0v) is 11.0. The normalized spacial score (nSPS) is 23.2. The van der Waals surface area contributed by atoms with Crippen LogP contribution < -0.4 is 5.73 Å². The molecule has 0 radical (unpaired) electrons. The predicted molar refractivity (Wildman–Crippen MR) is 69.8 cm³/mol. The van der Waals surface area contributed by atoms with Crippen molar-refractivity contribution in [2.45, 2.75) is 19.4 Å². The Morgan fingerprint density at radius 2 is 2.21 bits per heavy atom. The molecule has 2 N–H and O–H groups in total. The molecule has 2 aliphatic heterocycles. The van der Waals surface area contributed by atoms with Gasteiger partial charge in [-0.1, -0.05) is 0 Å². The van der Waals surface area contributed by atoms with Crippen LogP contribution in [-0.4, -0.2) is 53.4 Å². The molecule has 19 heavy (non-hydrogen) atoms. The second kappa shape index (κ2) is 5.30. The summed E-state index contributed by atoms with van der Waals surface area (Å²) in [6, 6.07) is 0. The minimum absolute atomic E-state index is 0.0854. The zero-order chi connectivity index (χ0) is 13.2. The van der Waals surface area contributed by atoms with Crippen molar-refractivity contribution >= 4 is 5.91 Å². The molecule has 1 atom stereocenters. The number of hydrogen-bond acceptors (Lipinski definition) is 4. The third-order valence-electron chi connectivity index (χ3n) is 4.04. The van der Waals surface area contributed by atoms with E-state index < -0.39 is 0 Å². The Kier molecular flexibility index (Phi) is 3.52. The van der Waals surface area contributed by atoms with E-state index in [-0.39, 0.29) is 5.91 Å². The van der Waals surface area contributed by atoms with Gasteiger partial charge in [-0.3, -0.25) is 9.48 Å². The van der Waals surface area contributed by atoms with E-state index in [1.54, 1.807) is 6.20 Å². The molecule has 0 spiro atoms. The van der Waals surface area contributed by atoms with Crippen LogP contribution >= 0.6 is 0 Å². The molecule has 3 rings (SSSR count). The maximum atomic E-state index is 12.5. The number of hydrogen-bond donors (Lipinski definition) is 1. The van der Waals surface area contributed by atoms with Gasteiger partial charge in [0.05, 0.1) is 30.7 Å². The van der Waals surface area contributed by atoms with E-state index in [0.717, 1.165) is 30.6 Å². The third-order valence-corrected chi connectivity index (χ3v) is 4.04. The minimum atomic E-state index is 0.0854. The molecule has 1 amide bonds. The lowest BCUT2D eigenvalue weighted by Gasteiger charge is -2.28. The Balaban J connectivity index is 1.81. The highest BCUT2D eigenvalue weighted by atomic mass is 16.5. The third kappa shape index (κ3) is 2.37. The molecule has 0 bridgehead atoms. The monoisotopic (exact) mass is 264 g/mol. The lowest BCUT2D eigenvalue weighted by molar-refractivity contribution is 0.0301. The molecule has 6 heteroatoms. The fourth-order valence-electron chi connectivity index (χ4n) is 2.82. The summed E-state index contributed by atoms with van der Waals surface area (Å²) in [5, 5.41) is 4.34. The number of aryl methyl sites for hydroxylation is 1. The summed E-state index contributed by atoms with van der Waals surface area (Å²) in [5.74, 6) is 0.558. The van der Waals surface area contributed by atoms with Gasteiger partial charge >= 0.3 is 0 Å².